The van der Waals surface area contributed by atoms with Gasteiger partial charge in [-0.2, -0.15) is 0 Å². The van der Waals surface area contributed by atoms with Crippen molar-refractivity contribution in [3.05, 3.63) is 23.8 Å². The molecule has 4 nitrogen and oxygen atoms in total. The highest BCUT2D eigenvalue weighted by molar-refractivity contribution is 5.67. The molecule has 0 atom stereocenters. The molecule has 0 aliphatic carbocycles. The lowest BCUT2D eigenvalue weighted by atomic mass is 10.2. The average molecular weight is 304 g/mol. The molecule has 4 heteroatoms. The molecule has 0 saturated heterocycles. The first-order valence-electron chi connectivity index (χ1n) is 7.75. The van der Waals surface area contributed by atoms with Crippen molar-refractivity contribution in [2.45, 2.75) is 46.5 Å². The molecule has 0 fully saturated rings. The largest absolute Gasteiger partial charge is 0.494 e. The second-order valence-corrected chi connectivity index (χ2v) is 4.88. The molecule has 0 amide bonds. The van der Waals surface area contributed by atoms with Gasteiger partial charge in [0, 0.05) is 6.92 Å². The van der Waals surface area contributed by atoms with Gasteiger partial charge in [0.15, 0.2) is 0 Å². The molecule has 0 radical (unpaired) electrons. The summed E-state index contributed by atoms with van der Waals surface area (Å²) in [6.07, 6.45) is 6.52. The quantitative estimate of drug-likeness (QED) is 0.415. The Morgan fingerprint density at radius 1 is 1.09 bits per heavy atom. The molecule has 0 aliphatic rings. The standard InChI is InChI=1S/C18H24O4/c1-4-6-11-21-17-8-9-18(22-12-7-5-2)16(14-17)10-13-20-15(3)19/h8-9,14H,4-7,11-12H2,1-3H3. The molecule has 22 heavy (non-hydrogen) atoms. The van der Waals surface area contributed by atoms with E-state index in [1.807, 2.05) is 18.2 Å². The summed E-state index contributed by atoms with van der Waals surface area (Å²) in [6.45, 7) is 6.84. The molecule has 120 valence electrons. The van der Waals surface area contributed by atoms with Gasteiger partial charge in [0.25, 0.3) is 0 Å². The Kier molecular flexibility index (Phi) is 8.59. The van der Waals surface area contributed by atoms with Gasteiger partial charge in [0.05, 0.1) is 18.8 Å². The topological polar surface area (TPSA) is 44.8 Å². The number of carbonyl (C=O) groups is 1. The van der Waals surface area contributed by atoms with Crippen LogP contribution in [-0.2, 0) is 9.53 Å². The molecule has 1 aromatic carbocycles. The molecular formula is C18H24O4. The average Bonchev–Trinajstić information content (AvgIpc) is 2.49. The molecular weight excluding hydrogens is 280 g/mol. The first kappa shape index (κ1) is 17.9. The molecule has 0 heterocycles. The van der Waals surface area contributed by atoms with Crippen LogP contribution in [0, 0.1) is 12.0 Å². The summed E-state index contributed by atoms with van der Waals surface area (Å²) < 4.78 is 16.0. The first-order chi connectivity index (χ1) is 10.7. The lowest BCUT2D eigenvalue weighted by Gasteiger charge is -2.10. The Balaban J connectivity index is 2.83. The van der Waals surface area contributed by atoms with Gasteiger partial charge in [-0.25, -0.2) is 0 Å². The van der Waals surface area contributed by atoms with Gasteiger partial charge in [0.2, 0.25) is 0 Å². The third-order valence-corrected chi connectivity index (χ3v) is 2.85. The number of carbonyl (C=O) groups excluding carboxylic acids is 1. The number of benzene rings is 1. The summed E-state index contributed by atoms with van der Waals surface area (Å²) in [4.78, 5) is 10.8. The van der Waals surface area contributed by atoms with Crippen LogP contribution in [0.1, 0.15) is 52.0 Å². The summed E-state index contributed by atoms with van der Waals surface area (Å²) in [6, 6.07) is 5.52. The minimum Gasteiger partial charge on any atom is -0.494 e. The van der Waals surface area contributed by atoms with Crippen molar-refractivity contribution in [2.75, 3.05) is 13.2 Å². The van der Waals surface area contributed by atoms with Crippen molar-refractivity contribution in [3.63, 3.8) is 0 Å². The van der Waals surface area contributed by atoms with Crippen LogP contribution in [0.15, 0.2) is 18.2 Å². The van der Waals surface area contributed by atoms with Crippen LogP contribution in [0.25, 0.3) is 0 Å². The van der Waals surface area contributed by atoms with Gasteiger partial charge in [-0.15, -0.1) is 0 Å². The Hall–Kier alpha value is -2.15. The van der Waals surface area contributed by atoms with Gasteiger partial charge < -0.3 is 14.2 Å². The number of hydrogen-bond donors (Lipinski definition) is 0. The summed E-state index contributed by atoms with van der Waals surface area (Å²) in [5.41, 5.74) is 0.659. The first-order valence-corrected chi connectivity index (χ1v) is 7.75. The van der Waals surface area contributed by atoms with Gasteiger partial charge in [0.1, 0.15) is 17.6 Å². The predicted octanol–water partition coefficient (Wildman–Crippen LogP) is 3.92. The highest BCUT2D eigenvalue weighted by Crippen LogP contribution is 2.24. The normalized spacial score (nSPS) is 9.59. The van der Waals surface area contributed by atoms with Crippen LogP contribution in [0.3, 0.4) is 0 Å². The fourth-order valence-electron chi connectivity index (χ4n) is 1.64. The van der Waals surface area contributed by atoms with Crippen LogP contribution in [0.4, 0.5) is 0 Å². The molecule has 1 rings (SSSR count). The number of rotatable bonds is 8. The summed E-state index contributed by atoms with van der Waals surface area (Å²) >= 11 is 0. The molecule has 0 saturated carbocycles. The molecule has 0 bridgehead atoms. The fraction of sp³-hybridized carbons (Fsp3) is 0.500. The van der Waals surface area contributed by atoms with E-state index in [0.29, 0.717) is 24.5 Å². The van der Waals surface area contributed by atoms with E-state index in [2.05, 4.69) is 30.6 Å². The maximum atomic E-state index is 10.8. The molecule has 0 spiro atoms. The Morgan fingerprint density at radius 3 is 2.41 bits per heavy atom. The highest BCUT2D eigenvalue weighted by atomic mass is 16.5. The lowest BCUT2D eigenvalue weighted by Crippen LogP contribution is -2.01. The summed E-state index contributed by atoms with van der Waals surface area (Å²) in [5, 5.41) is 0. The van der Waals surface area contributed by atoms with E-state index in [9.17, 15) is 4.79 Å². The third-order valence-electron chi connectivity index (χ3n) is 2.85. The van der Waals surface area contributed by atoms with Crippen LogP contribution in [0.2, 0.25) is 0 Å². The van der Waals surface area contributed by atoms with Crippen molar-refractivity contribution in [3.8, 4) is 23.5 Å². The van der Waals surface area contributed by atoms with Crippen molar-refractivity contribution in [1.82, 2.24) is 0 Å². The Bertz CT molecular complexity index is 526. The van der Waals surface area contributed by atoms with Crippen LogP contribution in [-0.4, -0.2) is 19.2 Å². The smallest absolute Gasteiger partial charge is 0.316 e. The molecule has 1 aromatic rings. The molecule has 0 N–H and O–H groups in total. The van der Waals surface area contributed by atoms with E-state index in [0.717, 1.165) is 31.4 Å². The van der Waals surface area contributed by atoms with E-state index in [4.69, 9.17) is 9.47 Å². The maximum absolute atomic E-state index is 10.8. The maximum Gasteiger partial charge on any atom is 0.316 e. The van der Waals surface area contributed by atoms with E-state index >= 15 is 0 Å². The van der Waals surface area contributed by atoms with Gasteiger partial charge >= 0.3 is 5.97 Å². The zero-order chi connectivity index (χ0) is 16.2. The predicted molar refractivity (Wildman–Crippen MR) is 85.9 cm³/mol. The number of esters is 1. The third kappa shape index (κ3) is 7.03. The zero-order valence-electron chi connectivity index (χ0n) is 13.6. The number of hydrogen-bond acceptors (Lipinski definition) is 4. The zero-order valence-corrected chi connectivity index (χ0v) is 13.6. The van der Waals surface area contributed by atoms with Crippen molar-refractivity contribution < 1.29 is 19.0 Å². The minimum absolute atomic E-state index is 0.434. The number of unbranched alkanes of at least 4 members (excludes halogenated alkanes) is 2. The van der Waals surface area contributed by atoms with Crippen molar-refractivity contribution in [1.29, 1.82) is 0 Å². The fourth-order valence-corrected chi connectivity index (χ4v) is 1.64. The van der Waals surface area contributed by atoms with E-state index in [1.165, 1.54) is 6.92 Å². The minimum atomic E-state index is -0.434. The van der Waals surface area contributed by atoms with Crippen molar-refractivity contribution in [2.24, 2.45) is 0 Å². The number of ether oxygens (including phenoxy) is 3. The van der Waals surface area contributed by atoms with Gasteiger partial charge in [-0.05, 0) is 37.0 Å². The van der Waals surface area contributed by atoms with Crippen LogP contribution >= 0.6 is 0 Å². The van der Waals surface area contributed by atoms with E-state index < -0.39 is 5.97 Å². The molecule has 0 unspecified atom stereocenters. The van der Waals surface area contributed by atoms with Gasteiger partial charge in [-0.3, -0.25) is 4.79 Å². The Morgan fingerprint density at radius 2 is 1.77 bits per heavy atom. The summed E-state index contributed by atoms with van der Waals surface area (Å²) in [7, 11) is 0. The monoisotopic (exact) mass is 304 g/mol. The molecule has 0 aliphatic heterocycles. The lowest BCUT2D eigenvalue weighted by molar-refractivity contribution is -0.134. The van der Waals surface area contributed by atoms with E-state index in [-0.39, 0.29) is 0 Å². The highest BCUT2D eigenvalue weighted by Gasteiger charge is 2.05. The van der Waals surface area contributed by atoms with Gasteiger partial charge in [-0.1, -0.05) is 26.7 Å². The second-order valence-electron chi connectivity index (χ2n) is 4.88. The van der Waals surface area contributed by atoms with Crippen molar-refractivity contribution >= 4 is 5.97 Å². The Labute approximate surface area is 132 Å². The van der Waals surface area contributed by atoms with Crippen LogP contribution < -0.4 is 9.47 Å². The molecule has 0 aromatic heterocycles. The van der Waals surface area contributed by atoms with E-state index in [1.54, 1.807) is 0 Å². The van der Waals surface area contributed by atoms with Crippen LogP contribution in [0.5, 0.6) is 11.5 Å². The second kappa shape index (κ2) is 10.6. The SMILES string of the molecule is CCCCOc1ccc(OCCCC)c(C#COC(C)=O)c1. The summed E-state index contributed by atoms with van der Waals surface area (Å²) in [5.74, 6) is 3.79.